The summed E-state index contributed by atoms with van der Waals surface area (Å²) in [5.41, 5.74) is 0.962. The highest BCUT2D eigenvalue weighted by molar-refractivity contribution is 7.14. The molecule has 2 aromatic rings. The molecule has 2 heterocycles. The number of carbonyl (C=O) groups is 2. The van der Waals surface area contributed by atoms with Crippen molar-refractivity contribution in [1.82, 2.24) is 4.90 Å². The van der Waals surface area contributed by atoms with Gasteiger partial charge in [-0.05, 0) is 37.5 Å². The van der Waals surface area contributed by atoms with E-state index in [4.69, 9.17) is 27.9 Å². The molecule has 0 aliphatic carbocycles. The van der Waals surface area contributed by atoms with Crippen molar-refractivity contribution in [2.45, 2.75) is 19.8 Å². The number of methoxy groups -OCH3 is 1. The van der Waals surface area contributed by atoms with Crippen LogP contribution < -0.4 is 5.01 Å². The standard InChI is InChI=1S/C20H21Cl2N3O4S/c1-3-23-25(20(28)24-8-6-12(7-9-24)19(27)29-2)16-11-30-18(17(16)26)13-4-5-14(21)15(22)10-13/h3-5,10-12,26H,6-9H2,1-2H3/b23-3+. The SMILES string of the molecule is C/C=N/N(C(=O)N1CCC(C(=O)OC)CC1)c1csc(-c2ccc(Cl)c(Cl)c2)c1O. The van der Waals surface area contributed by atoms with E-state index in [9.17, 15) is 14.7 Å². The topological polar surface area (TPSA) is 82.4 Å². The predicted octanol–water partition coefficient (Wildman–Crippen LogP) is 5.24. The van der Waals surface area contributed by atoms with Crippen LogP contribution in [0, 0.1) is 5.92 Å². The number of anilines is 1. The summed E-state index contributed by atoms with van der Waals surface area (Å²) in [6.07, 6.45) is 2.52. The second-order valence-corrected chi connectivity index (χ2v) is 8.37. The van der Waals surface area contributed by atoms with Gasteiger partial charge in [-0.15, -0.1) is 11.3 Å². The first kappa shape index (κ1) is 22.4. The second-order valence-electron chi connectivity index (χ2n) is 6.68. The molecule has 3 rings (SSSR count). The monoisotopic (exact) mass is 469 g/mol. The number of benzene rings is 1. The van der Waals surface area contributed by atoms with Crippen LogP contribution in [0.5, 0.6) is 5.75 Å². The number of amides is 2. The van der Waals surface area contributed by atoms with Gasteiger partial charge in [0.15, 0.2) is 5.75 Å². The average Bonchev–Trinajstić information content (AvgIpc) is 3.14. The molecule has 0 bridgehead atoms. The summed E-state index contributed by atoms with van der Waals surface area (Å²) >= 11 is 13.3. The van der Waals surface area contributed by atoms with E-state index >= 15 is 0 Å². The van der Waals surface area contributed by atoms with Gasteiger partial charge < -0.3 is 14.7 Å². The van der Waals surface area contributed by atoms with Gasteiger partial charge in [-0.2, -0.15) is 10.1 Å². The number of hydrogen-bond acceptors (Lipinski definition) is 6. The molecule has 30 heavy (non-hydrogen) atoms. The molecule has 2 amide bonds. The molecule has 10 heteroatoms. The maximum Gasteiger partial charge on any atom is 0.345 e. The van der Waals surface area contributed by atoms with Gasteiger partial charge >= 0.3 is 12.0 Å². The number of thiophene rings is 1. The van der Waals surface area contributed by atoms with E-state index in [1.807, 2.05) is 0 Å². The summed E-state index contributed by atoms with van der Waals surface area (Å²) in [6, 6.07) is 4.68. The fourth-order valence-electron chi connectivity index (χ4n) is 3.27. The van der Waals surface area contributed by atoms with Gasteiger partial charge in [0.25, 0.3) is 0 Å². The molecule has 1 aliphatic rings. The molecule has 0 atom stereocenters. The summed E-state index contributed by atoms with van der Waals surface area (Å²) < 4.78 is 4.79. The quantitative estimate of drug-likeness (QED) is 0.376. The van der Waals surface area contributed by atoms with Crippen LogP contribution in [0.25, 0.3) is 10.4 Å². The maximum absolute atomic E-state index is 13.1. The lowest BCUT2D eigenvalue weighted by Crippen LogP contribution is -2.46. The molecule has 1 N–H and O–H groups in total. The van der Waals surface area contributed by atoms with Gasteiger partial charge in [0.1, 0.15) is 5.69 Å². The highest BCUT2D eigenvalue weighted by Gasteiger charge is 2.32. The largest absolute Gasteiger partial charge is 0.504 e. The average molecular weight is 470 g/mol. The number of ether oxygens (including phenoxy) is 1. The van der Waals surface area contributed by atoms with Crippen molar-refractivity contribution in [3.8, 4) is 16.2 Å². The number of aromatic hydroxyl groups is 1. The van der Waals surface area contributed by atoms with Crippen molar-refractivity contribution in [2.24, 2.45) is 11.0 Å². The number of hydrogen-bond donors (Lipinski definition) is 1. The van der Waals surface area contributed by atoms with Crippen molar-refractivity contribution in [3.63, 3.8) is 0 Å². The Labute approximate surface area is 188 Å². The van der Waals surface area contributed by atoms with Gasteiger partial charge in [-0.1, -0.05) is 29.3 Å². The highest BCUT2D eigenvalue weighted by Crippen LogP contribution is 2.45. The Morgan fingerprint density at radius 1 is 1.30 bits per heavy atom. The van der Waals surface area contributed by atoms with Crippen molar-refractivity contribution in [2.75, 3.05) is 25.2 Å². The van der Waals surface area contributed by atoms with Crippen LogP contribution in [0.2, 0.25) is 10.0 Å². The fourth-order valence-corrected chi connectivity index (χ4v) is 4.49. The van der Waals surface area contributed by atoms with Crippen molar-refractivity contribution in [3.05, 3.63) is 33.6 Å². The molecule has 7 nitrogen and oxygen atoms in total. The van der Waals surface area contributed by atoms with Crippen LogP contribution >= 0.6 is 34.5 Å². The van der Waals surface area contributed by atoms with E-state index in [-0.39, 0.29) is 29.4 Å². The van der Waals surface area contributed by atoms with Crippen molar-refractivity contribution < 1.29 is 19.4 Å². The second kappa shape index (κ2) is 9.68. The van der Waals surface area contributed by atoms with Crippen LogP contribution in [-0.2, 0) is 9.53 Å². The lowest BCUT2D eigenvalue weighted by Gasteiger charge is -2.33. The van der Waals surface area contributed by atoms with Crippen molar-refractivity contribution >= 4 is 58.4 Å². The molecule has 1 aromatic heterocycles. The van der Waals surface area contributed by atoms with Crippen LogP contribution in [0.1, 0.15) is 19.8 Å². The molecule has 0 unspecified atom stereocenters. The molecule has 1 aliphatic heterocycles. The minimum atomic E-state index is -0.370. The number of likely N-dealkylation sites (tertiary alicyclic amines) is 1. The predicted molar refractivity (Wildman–Crippen MR) is 120 cm³/mol. The number of halogens is 2. The Morgan fingerprint density at radius 2 is 2.00 bits per heavy atom. The normalized spacial score (nSPS) is 14.9. The van der Waals surface area contributed by atoms with Crippen LogP contribution in [0.3, 0.4) is 0 Å². The summed E-state index contributed by atoms with van der Waals surface area (Å²) in [5.74, 6) is -0.535. The number of hydrazone groups is 1. The zero-order valence-corrected chi connectivity index (χ0v) is 18.8. The third-order valence-electron chi connectivity index (χ3n) is 4.87. The Morgan fingerprint density at radius 3 is 2.60 bits per heavy atom. The minimum absolute atomic E-state index is 0.0678. The third-order valence-corrected chi connectivity index (χ3v) is 6.61. The van der Waals surface area contributed by atoms with Crippen LogP contribution in [0.4, 0.5) is 10.5 Å². The highest BCUT2D eigenvalue weighted by atomic mass is 35.5. The Balaban J connectivity index is 1.83. The molecular weight excluding hydrogens is 449 g/mol. The lowest BCUT2D eigenvalue weighted by molar-refractivity contribution is -0.146. The molecular formula is C20H21Cl2N3O4S. The van der Waals surface area contributed by atoms with Crippen LogP contribution in [-0.4, -0.2) is 48.4 Å². The van der Waals surface area contributed by atoms with E-state index in [0.717, 1.165) is 0 Å². The summed E-state index contributed by atoms with van der Waals surface area (Å²) in [6.45, 7) is 2.49. The first-order valence-corrected chi connectivity index (χ1v) is 10.9. The van der Waals surface area contributed by atoms with Crippen LogP contribution in [0.15, 0.2) is 28.7 Å². The summed E-state index contributed by atoms with van der Waals surface area (Å²) in [7, 11) is 1.36. The van der Waals surface area contributed by atoms with Gasteiger partial charge in [0.2, 0.25) is 0 Å². The van der Waals surface area contributed by atoms with Gasteiger partial charge in [-0.25, -0.2) is 4.79 Å². The van der Waals surface area contributed by atoms with E-state index in [1.165, 1.54) is 29.7 Å². The zero-order chi connectivity index (χ0) is 21.8. The van der Waals surface area contributed by atoms with Gasteiger partial charge in [-0.3, -0.25) is 4.79 Å². The summed E-state index contributed by atoms with van der Waals surface area (Å²) in [4.78, 5) is 27.0. The number of urea groups is 1. The number of carbonyl (C=O) groups excluding carboxylic acids is 2. The lowest BCUT2D eigenvalue weighted by atomic mass is 9.97. The summed E-state index contributed by atoms with van der Waals surface area (Å²) in [5, 5.41) is 18.6. The fraction of sp³-hybridized carbons (Fsp3) is 0.350. The Hall–Kier alpha value is -2.29. The Kier molecular flexibility index (Phi) is 7.23. The first-order chi connectivity index (χ1) is 14.4. The number of nitrogens with zero attached hydrogens (tertiary/aromatic N) is 3. The number of rotatable bonds is 4. The minimum Gasteiger partial charge on any atom is -0.504 e. The molecule has 0 saturated carbocycles. The van der Waals surface area contributed by atoms with Crippen molar-refractivity contribution in [1.29, 1.82) is 0 Å². The van der Waals surface area contributed by atoms with E-state index in [2.05, 4.69) is 5.10 Å². The molecule has 1 saturated heterocycles. The molecule has 0 radical (unpaired) electrons. The molecule has 0 spiro atoms. The number of piperidine rings is 1. The van der Waals surface area contributed by atoms with Gasteiger partial charge in [0.05, 0.1) is 28.0 Å². The van der Waals surface area contributed by atoms with E-state index in [1.54, 1.807) is 35.4 Å². The smallest absolute Gasteiger partial charge is 0.345 e. The zero-order valence-electron chi connectivity index (χ0n) is 16.5. The van der Waals surface area contributed by atoms with Gasteiger partial charge in [0, 0.05) is 24.7 Å². The molecule has 1 fully saturated rings. The third kappa shape index (κ3) is 4.55. The van der Waals surface area contributed by atoms with E-state index in [0.29, 0.717) is 46.4 Å². The molecule has 1 aromatic carbocycles. The number of esters is 1. The Bertz CT molecular complexity index is 971. The van der Waals surface area contributed by atoms with E-state index < -0.39 is 0 Å². The maximum atomic E-state index is 13.1. The molecule has 160 valence electrons. The first-order valence-electron chi connectivity index (χ1n) is 9.28.